The van der Waals surface area contributed by atoms with Crippen LogP contribution in [0.5, 0.6) is 0 Å². The van der Waals surface area contributed by atoms with E-state index < -0.39 is 47.5 Å². The zero-order valence-electron chi connectivity index (χ0n) is 17.9. The van der Waals surface area contributed by atoms with Crippen molar-refractivity contribution in [2.45, 2.75) is 45.3 Å². The molecule has 3 heterocycles. The van der Waals surface area contributed by atoms with Gasteiger partial charge >= 0.3 is 12.4 Å². The van der Waals surface area contributed by atoms with E-state index in [9.17, 15) is 35.9 Å². The molecular formula is C22H18F6N4O2. The predicted octanol–water partition coefficient (Wildman–Crippen LogP) is 4.42. The number of halogens is 6. The molecule has 1 aromatic carbocycles. The zero-order chi connectivity index (χ0) is 25.0. The Labute approximate surface area is 189 Å². The van der Waals surface area contributed by atoms with E-state index in [-0.39, 0.29) is 29.6 Å². The van der Waals surface area contributed by atoms with Gasteiger partial charge in [-0.05, 0) is 49.7 Å². The quantitative estimate of drug-likeness (QED) is 0.517. The van der Waals surface area contributed by atoms with Crippen LogP contribution in [0.4, 0.5) is 26.3 Å². The standard InChI is InChI=1S/C22H18F6N4O2/c1-12-8-30(11-29-12)17-3-4-18-20(34)31(13(2)9-32(18)19(17)33)10-14-5-15(21(23,24)25)7-16(6-14)22(26,27)28/h3-8,11,13H,9-10H2,1-2H3/t13-/m1/s1. The highest BCUT2D eigenvalue weighted by Gasteiger charge is 2.38. The summed E-state index contributed by atoms with van der Waals surface area (Å²) in [6.07, 6.45) is -6.90. The summed E-state index contributed by atoms with van der Waals surface area (Å²) in [7, 11) is 0. The van der Waals surface area contributed by atoms with E-state index in [2.05, 4.69) is 4.98 Å². The second kappa shape index (κ2) is 8.03. The molecule has 0 fully saturated rings. The Hall–Kier alpha value is -3.57. The molecule has 4 rings (SSSR count). The van der Waals surface area contributed by atoms with Crippen LogP contribution in [0.3, 0.4) is 0 Å². The maximum atomic E-state index is 13.2. The normalized spacial score (nSPS) is 16.6. The first kappa shape index (κ1) is 23.6. The Morgan fingerprint density at radius 2 is 1.62 bits per heavy atom. The minimum absolute atomic E-state index is 0.00768. The third-order valence-corrected chi connectivity index (χ3v) is 5.60. The number of rotatable bonds is 3. The molecule has 3 aromatic rings. The Bertz CT molecular complexity index is 1290. The van der Waals surface area contributed by atoms with Gasteiger partial charge in [-0.15, -0.1) is 0 Å². The molecule has 1 aliphatic heterocycles. The summed E-state index contributed by atoms with van der Waals surface area (Å²) in [5.74, 6) is -0.671. The van der Waals surface area contributed by atoms with E-state index in [4.69, 9.17) is 0 Å². The molecule has 0 aliphatic carbocycles. The maximum absolute atomic E-state index is 13.2. The van der Waals surface area contributed by atoms with Gasteiger partial charge in [0.25, 0.3) is 11.5 Å². The van der Waals surface area contributed by atoms with Crippen LogP contribution in [0.15, 0.2) is 47.7 Å². The summed E-state index contributed by atoms with van der Waals surface area (Å²) >= 11 is 0. The number of carbonyl (C=O) groups excluding carboxylic acids is 1. The molecule has 6 nitrogen and oxygen atoms in total. The number of nitrogens with zero attached hydrogens (tertiary/aromatic N) is 4. The molecule has 0 bridgehead atoms. The van der Waals surface area contributed by atoms with Crippen molar-refractivity contribution in [3.63, 3.8) is 0 Å². The third kappa shape index (κ3) is 4.31. The minimum atomic E-state index is -4.99. The molecule has 1 atom stereocenters. The highest BCUT2D eigenvalue weighted by molar-refractivity contribution is 5.93. The summed E-state index contributed by atoms with van der Waals surface area (Å²) in [5, 5.41) is 0. The number of carbonyl (C=O) groups is 1. The number of amides is 1. The molecule has 0 saturated carbocycles. The van der Waals surface area contributed by atoms with Gasteiger partial charge < -0.3 is 14.0 Å². The Morgan fingerprint density at radius 3 is 2.15 bits per heavy atom. The number of fused-ring (bicyclic) bond motifs is 1. The van der Waals surface area contributed by atoms with Crippen molar-refractivity contribution in [1.29, 1.82) is 0 Å². The number of hydrogen-bond donors (Lipinski definition) is 0. The summed E-state index contributed by atoms with van der Waals surface area (Å²) in [6, 6.07) is 3.40. The van der Waals surface area contributed by atoms with Gasteiger partial charge in [0, 0.05) is 25.3 Å². The van der Waals surface area contributed by atoms with Crippen molar-refractivity contribution in [3.05, 3.63) is 81.3 Å². The number of benzene rings is 1. The number of hydrogen-bond acceptors (Lipinski definition) is 3. The number of aromatic nitrogens is 3. The average Bonchev–Trinajstić information content (AvgIpc) is 3.16. The lowest BCUT2D eigenvalue weighted by Gasteiger charge is -2.35. The third-order valence-electron chi connectivity index (χ3n) is 5.60. The predicted molar refractivity (Wildman–Crippen MR) is 108 cm³/mol. The fourth-order valence-electron chi connectivity index (χ4n) is 3.93. The number of alkyl halides is 6. The van der Waals surface area contributed by atoms with Crippen molar-refractivity contribution in [2.75, 3.05) is 0 Å². The topological polar surface area (TPSA) is 60.1 Å². The van der Waals surface area contributed by atoms with Gasteiger partial charge in [-0.1, -0.05) is 0 Å². The van der Waals surface area contributed by atoms with Crippen LogP contribution in [0.2, 0.25) is 0 Å². The van der Waals surface area contributed by atoms with Crippen LogP contribution in [0.1, 0.15) is 39.8 Å². The van der Waals surface area contributed by atoms with Gasteiger partial charge in [-0.25, -0.2) is 4.98 Å². The van der Waals surface area contributed by atoms with Crippen LogP contribution >= 0.6 is 0 Å². The summed E-state index contributed by atoms with van der Waals surface area (Å²) in [4.78, 5) is 31.3. The smallest absolute Gasteiger partial charge is 0.329 e. The van der Waals surface area contributed by atoms with Gasteiger partial charge in [0.1, 0.15) is 11.4 Å². The van der Waals surface area contributed by atoms with Crippen LogP contribution in [0, 0.1) is 6.92 Å². The van der Waals surface area contributed by atoms with Gasteiger partial charge in [-0.2, -0.15) is 26.3 Å². The van der Waals surface area contributed by atoms with Gasteiger partial charge in [-0.3, -0.25) is 9.59 Å². The average molecular weight is 484 g/mol. The summed E-state index contributed by atoms with van der Waals surface area (Å²) < 4.78 is 81.9. The molecule has 0 radical (unpaired) electrons. The van der Waals surface area contributed by atoms with E-state index in [0.717, 1.165) is 4.90 Å². The SMILES string of the molecule is Cc1cn(-c2ccc3n(c2=O)C[C@@H](C)N(Cc2cc(C(F)(F)F)cc(C(F)(F)F)c2)C3=O)cn1. The van der Waals surface area contributed by atoms with Gasteiger partial charge in [0.05, 0.1) is 23.1 Å². The maximum Gasteiger partial charge on any atom is 0.416 e. The fourth-order valence-corrected chi connectivity index (χ4v) is 3.93. The van der Waals surface area contributed by atoms with E-state index in [1.807, 2.05) is 0 Å². The molecule has 0 spiro atoms. The first-order valence-corrected chi connectivity index (χ1v) is 10.1. The highest BCUT2D eigenvalue weighted by Crippen LogP contribution is 2.37. The Morgan fingerprint density at radius 1 is 1.00 bits per heavy atom. The van der Waals surface area contributed by atoms with Crippen molar-refractivity contribution in [2.24, 2.45) is 0 Å². The van der Waals surface area contributed by atoms with Crippen molar-refractivity contribution in [1.82, 2.24) is 19.0 Å². The Balaban J connectivity index is 1.71. The number of aryl methyl sites for hydroxylation is 1. The fraction of sp³-hybridized carbons (Fsp3) is 0.318. The molecule has 34 heavy (non-hydrogen) atoms. The Kier molecular flexibility index (Phi) is 5.57. The summed E-state index contributed by atoms with van der Waals surface area (Å²) in [6.45, 7) is 2.85. The van der Waals surface area contributed by atoms with Crippen molar-refractivity contribution < 1.29 is 31.1 Å². The van der Waals surface area contributed by atoms with E-state index in [0.29, 0.717) is 17.8 Å². The van der Waals surface area contributed by atoms with Crippen molar-refractivity contribution >= 4 is 5.91 Å². The molecule has 2 aromatic heterocycles. The first-order chi connectivity index (χ1) is 15.8. The van der Waals surface area contributed by atoms with Gasteiger partial charge in [0.15, 0.2) is 0 Å². The largest absolute Gasteiger partial charge is 0.416 e. The highest BCUT2D eigenvalue weighted by atomic mass is 19.4. The minimum Gasteiger partial charge on any atom is -0.329 e. The molecule has 180 valence electrons. The second-order valence-electron chi connectivity index (χ2n) is 8.14. The van der Waals surface area contributed by atoms with Crippen LogP contribution in [0.25, 0.3) is 5.69 Å². The number of imidazole rings is 1. The molecule has 0 N–H and O–H groups in total. The van der Waals surface area contributed by atoms with Crippen LogP contribution in [-0.4, -0.2) is 31.0 Å². The molecule has 0 saturated heterocycles. The lowest BCUT2D eigenvalue weighted by Crippen LogP contribution is -2.49. The second-order valence-corrected chi connectivity index (χ2v) is 8.14. The lowest BCUT2D eigenvalue weighted by molar-refractivity contribution is -0.143. The molecule has 1 amide bonds. The van der Waals surface area contributed by atoms with Gasteiger partial charge in [0.2, 0.25) is 0 Å². The molecule has 12 heteroatoms. The summed E-state index contributed by atoms with van der Waals surface area (Å²) in [5.41, 5.74) is -2.76. The zero-order valence-corrected chi connectivity index (χ0v) is 17.9. The van der Waals surface area contributed by atoms with E-state index in [1.165, 1.54) is 27.6 Å². The monoisotopic (exact) mass is 484 g/mol. The van der Waals surface area contributed by atoms with E-state index >= 15 is 0 Å². The molecule has 0 unspecified atom stereocenters. The molecular weight excluding hydrogens is 466 g/mol. The van der Waals surface area contributed by atoms with Crippen LogP contribution in [-0.2, 0) is 25.4 Å². The number of pyridine rings is 1. The first-order valence-electron chi connectivity index (χ1n) is 10.1. The van der Waals surface area contributed by atoms with Crippen molar-refractivity contribution in [3.8, 4) is 5.69 Å². The molecule has 1 aliphatic rings. The van der Waals surface area contributed by atoms with Crippen LogP contribution < -0.4 is 5.56 Å². The lowest BCUT2D eigenvalue weighted by atomic mass is 10.0. The van der Waals surface area contributed by atoms with E-state index in [1.54, 1.807) is 20.0 Å².